The highest BCUT2D eigenvalue weighted by atomic mass is 16.5. The average Bonchev–Trinajstić information content (AvgIpc) is 2.37. The van der Waals surface area contributed by atoms with Crippen LogP contribution < -0.4 is 0 Å². The normalized spacial score (nSPS) is 10.4. The van der Waals surface area contributed by atoms with E-state index in [-0.39, 0.29) is 17.7 Å². The van der Waals surface area contributed by atoms with Crippen molar-refractivity contribution in [2.75, 3.05) is 6.61 Å². The summed E-state index contributed by atoms with van der Waals surface area (Å²) in [4.78, 5) is 27.6. The Morgan fingerprint density at radius 2 is 1.95 bits per heavy atom. The molecule has 0 aliphatic carbocycles. The van der Waals surface area contributed by atoms with Crippen molar-refractivity contribution in [2.45, 2.75) is 13.8 Å². The van der Waals surface area contributed by atoms with Crippen molar-refractivity contribution in [1.29, 1.82) is 0 Å². The third kappa shape index (κ3) is 2.27. The fourth-order valence-electron chi connectivity index (χ4n) is 2.01. The molecule has 0 saturated carbocycles. The third-order valence-corrected chi connectivity index (χ3v) is 2.77. The molecule has 0 aliphatic heterocycles. The van der Waals surface area contributed by atoms with Gasteiger partial charge in [0.15, 0.2) is 0 Å². The Morgan fingerprint density at radius 1 is 1.26 bits per heavy atom. The van der Waals surface area contributed by atoms with E-state index < -0.39 is 11.9 Å². The lowest BCUT2D eigenvalue weighted by Gasteiger charge is -2.11. The topological polar surface area (TPSA) is 76.5 Å². The highest BCUT2D eigenvalue weighted by Crippen LogP contribution is 2.24. The van der Waals surface area contributed by atoms with E-state index in [0.29, 0.717) is 16.6 Å². The predicted octanol–water partition coefficient (Wildman–Crippen LogP) is 2.42. The zero-order valence-electron chi connectivity index (χ0n) is 10.6. The number of aromatic nitrogens is 1. The molecule has 5 heteroatoms. The number of benzene rings is 1. The number of aromatic carboxylic acids is 1. The molecule has 0 fully saturated rings. The summed E-state index contributed by atoms with van der Waals surface area (Å²) in [6.07, 6.45) is 0. The molecule has 0 amide bonds. The minimum atomic E-state index is -1.16. The highest BCUT2D eigenvalue weighted by molar-refractivity contribution is 6.11. The fourth-order valence-corrected chi connectivity index (χ4v) is 2.01. The van der Waals surface area contributed by atoms with Gasteiger partial charge in [-0.15, -0.1) is 0 Å². The molecule has 5 nitrogen and oxygen atoms in total. The summed E-state index contributed by atoms with van der Waals surface area (Å²) in [7, 11) is 0. The first kappa shape index (κ1) is 13.0. The van der Waals surface area contributed by atoms with Gasteiger partial charge in [0, 0.05) is 5.39 Å². The maximum absolute atomic E-state index is 11.9. The number of carbonyl (C=O) groups excluding carboxylic acids is 1. The second kappa shape index (κ2) is 5.06. The number of ether oxygens (including phenoxy) is 1. The van der Waals surface area contributed by atoms with Gasteiger partial charge in [-0.25, -0.2) is 9.59 Å². The highest BCUT2D eigenvalue weighted by Gasteiger charge is 2.24. The van der Waals surface area contributed by atoms with E-state index in [1.165, 1.54) is 0 Å². The number of esters is 1. The molecule has 1 aromatic heterocycles. The molecule has 2 aromatic rings. The van der Waals surface area contributed by atoms with E-state index >= 15 is 0 Å². The van der Waals surface area contributed by atoms with Crippen LogP contribution in [0.3, 0.4) is 0 Å². The maximum Gasteiger partial charge on any atom is 0.340 e. The Hall–Kier alpha value is -2.43. The lowest BCUT2D eigenvalue weighted by atomic mass is 10.0. The Balaban J connectivity index is 2.81. The summed E-state index contributed by atoms with van der Waals surface area (Å²) in [6.45, 7) is 3.46. The average molecular weight is 259 g/mol. The largest absolute Gasteiger partial charge is 0.478 e. The number of pyridine rings is 1. The lowest BCUT2D eigenvalue weighted by molar-refractivity contribution is 0.0513. The van der Waals surface area contributed by atoms with Crippen LogP contribution in [0.4, 0.5) is 0 Å². The van der Waals surface area contributed by atoms with Crippen molar-refractivity contribution < 1.29 is 19.4 Å². The van der Waals surface area contributed by atoms with E-state index in [4.69, 9.17) is 4.74 Å². The molecule has 2 rings (SSSR count). The van der Waals surface area contributed by atoms with E-state index in [1.807, 2.05) is 0 Å². The van der Waals surface area contributed by atoms with Gasteiger partial charge >= 0.3 is 11.9 Å². The van der Waals surface area contributed by atoms with Crippen molar-refractivity contribution >= 4 is 22.8 Å². The number of hydrogen-bond donors (Lipinski definition) is 1. The van der Waals surface area contributed by atoms with Crippen molar-refractivity contribution in [3.05, 3.63) is 41.1 Å². The molecular formula is C14H13NO4. The van der Waals surface area contributed by atoms with Gasteiger partial charge in [0.2, 0.25) is 0 Å². The summed E-state index contributed by atoms with van der Waals surface area (Å²) in [5.41, 5.74) is 0.870. The summed E-state index contributed by atoms with van der Waals surface area (Å²) >= 11 is 0. The van der Waals surface area contributed by atoms with Crippen LogP contribution >= 0.6 is 0 Å². The van der Waals surface area contributed by atoms with Gasteiger partial charge in [0.25, 0.3) is 0 Å². The quantitative estimate of drug-likeness (QED) is 0.856. The third-order valence-electron chi connectivity index (χ3n) is 2.77. The van der Waals surface area contributed by atoms with Gasteiger partial charge in [-0.05, 0) is 19.9 Å². The van der Waals surface area contributed by atoms with Crippen LogP contribution in [0.25, 0.3) is 10.9 Å². The molecule has 1 N–H and O–H groups in total. The zero-order chi connectivity index (χ0) is 14.0. The minimum absolute atomic E-state index is 0.0213. The molecule has 19 heavy (non-hydrogen) atoms. The minimum Gasteiger partial charge on any atom is -0.478 e. The number of rotatable bonds is 3. The molecule has 0 bridgehead atoms. The van der Waals surface area contributed by atoms with Crippen LogP contribution in [-0.4, -0.2) is 28.6 Å². The van der Waals surface area contributed by atoms with Crippen LogP contribution in [0.1, 0.15) is 33.3 Å². The van der Waals surface area contributed by atoms with Crippen LogP contribution in [0.5, 0.6) is 0 Å². The van der Waals surface area contributed by atoms with Gasteiger partial charge in [0.1, 0.15) is 0 Å². The molecule has 1 aromatic carbocycles. The van der Waals surface area contributed by atoms with Crippen LogP contribution in [-0.2, 0) is 4.74 Å². The van der Waals surface area contributed by atoms with E-state index in [0.717, 1.165) is 0 Å². The van der Waals surface area contributed by atoms with Crippen LogP contribution in [0, 0.1) is 6.92 Å². The first-order chi connectivity index (χ1) is 9.06. The Bertz CT molecular complexity index is 664. The van der Waals surface area contributed by atoms with Crippen molar-refractivity contribution in [3.63, 3.8) is 0 Å². The molecule has 0 radical (unpaired) electrons. The number of carboxylic acid groups (broad SMARTS) is 1. The molecule has 0 aliphatic rings. The number of aryl methyl sites for hydroxylation is 1. The Morgan fingerprint density at radius 3 is 2.58 bits per heavy atom. The van der Waals surface area contributed by atoms with Gasteiger partial charge in [-0.1, -0.05) is 18.2 Å². The van der Waals surface area contributed by atoms with E-state index in [9.17, 15) is 14.7 Å². The second-order valence-electron chi connectivity index (χ2n) is 3.99. The molecule has 98 valence electrons. The van der Waals surface area contributed by atoms with Crippen molar-refractivity contribution in [1.82, 2.24) is 4.98 Å². The molecule has 0 unspecified atom stereocenters. The summed E-state index contributed by atoms with van der Waals surface area (Å²) in [5, 5.41) is 9.80. The first-order valence-electron chi connectivity index (χ1n) is 5.86. The molecule has 0 atom stereocenters. The summed E-state index contributed by atoms with van der Waals surface area (Å²) in [5.74, 6) is -1.82. The summed E-state index contributed by atoms with van der Waals surface area (Å²) in [6, 6.07) is 6.82. The van der Waals surface area contributed by atoms with E-state index in [1.54, 1.807) is 38.1 Å². The Kier molecular flexibility index (Phi) is 3.46. The molecular weight excluding hydrogens is 246 g/mol. The van der Waals surface area contributed by atoms with Crippen LogP contribution in [0.2, 0.25) is 0 Å². The Labute approximate surface area is 109 Å². The van der Waals surface area contributed by atoms with Gasteiger partial charge in [-0.3, -0.25) is 4.98 Å². The van der Waals surface area contributed by atoms with Crippen molar-refractivity contribution in [3.8, 4) is 0 Å². The number of carbonyl (C=O) groups is 2. The first-order valence-corrected chi connectivity index (χ1v) is 5.86. The zero-order valence-corrected chi connectivity index (χ0v) is 10.6. The van der Waals surface area contributed by atoms with Gasteiger partial charge in [0.05, 0.1) is 28.9 Å². The standard InChI is InChI=1S/C14H13NO4/c1-3-19-14(18)11-8(2)15-10-7-5-4-6-9(10)12(11)13(16)17/h4-7H,3H2,1-2H3,(H,16,17). The second-order valence-corrected chi connectivity index (χ2v) is 3.99. The number of para-hydroxylation sites is 1. The molecule has 0 spiro atoms. The lowest BCUT2D eigenvalue weighted by Crippen LogP contribution is -2.15. The predicted molar refractivity (Wildman–Crippen MR) is 69.4 cm³/mol. The molecule has 0 saturated heterocycles. The van der Waals surface area contributed by atoms with Gasteiger partial charge < -0.3 is 9.84 Å². The SMILES string of the molecule is CCOC(=O)c1c(C)nc2ccccc2c1C(=O)O. The smallest absolute Gasteiger partial charge is 0.340 e. The summed E-state index contributed by atoms with van der Waals surface area (Å²) < 4.78 is 4.91. The van der Waals surface area contributed by atoms with E-state index in [2.05, 4.69) is 4.98 Å². The number of hydrogen-bond acceptors (Lipinski definition) is 4. The van der Waals surface area contributed by atoms with Crippen LogP contribution in [0.15, 0.2) is 24.3 Å². The maximum atomic E-state index is 11.9. The number of nitrogens with zero attached hydrogens (tertiary/aromatic N) is 1. The number of carboxylic acids is 1. The van der Waals surface area contributed by atoms with Gasteiger partial charge in [-0.2, -0.15) is 0 Å². The monoisotopic (exact) mass is 259 g/mol. The molecule has 1 heterocycles. The van der Waals surface area contributed by atoms with Crippen molar-refractivity contribution in [2.24, 2.45) is 0 Å². The fraction of sp³-hybridized carbons (Fsp3) is 0.214. The number of fused-ring (bicyclic) bond motifs is 1.